The van der Waals surface area contributed by atoms with Crippen LogP contribution in [0.3, 0.4) is 0 Å². The Kier molecular flexibility index (Phi) is 6.34. The third kappa shape index (κ3) is 4.93. The molecule has 1 saturated heterocycles. The third-order valence-electron chi connectivity index (χ3n) is 8.30. The molecule has 1 saturated carbocycles. The van der Waals surface area contributed by atoms with E-state index in [1.165, 1.54) is 12.8 Å². The first-order valence-corrected chi connectivity index (χ1v) is 13.4. The maximum absolute atomic E-state index is 6.40. The second kappa shape index (κ2) is 9.80. The van der Waals surface area contributed by atoms with Crippen LogP contribution in [0.15, 0.2) is 67.1 Å². The van der Waals surface area contributed by atoms with Gasteiger partial charge in [0.15, 0.2) is 0 Å². The number of hydrogen-bond donors (Lipinski definition) is 2. The summed E-state index contributed by atoms with van der Waals surface area (Å²) in [5.74, 6) is 2.14. The van der Waals surface area contributed by atoms with E-state index in [2.05, 4.69) is 44.7 Å². The zero-order valence-electron chi connectivity index (χ0n) is 21.5. The summed E-state index contributed by atoms with van der Waals surface area (Å²) in [4.78, 5) is 11.7. The van der Waals surface area contributed by atoms with E-state index < -0.39 is 0 Å². The molecule has 6 rings (SSSR count). The number of nitrogens with zero attached hydrogens (tertiary/aromatic N) is 4. The van der Waals surface area contributed by atoms with Crippen molar-refractivity contribution in [3.63, 3.8) is 0 Å². The number of hydrogen-bond acceptors (Lipinski definition) is 6. The van der Waals surface area contributed by atoms with Gasteiger partial charge in [0.05, 0.1) is 5.39 Å². The van der Waals surface area contributed by atoms with Crippen LogP contribution < -0.4 is 16.2 Å². The number of fused-ring (bicyclic) bond motifs is 1. The maximum atomic E-state index is 6.40. The number of piperidine rings is 1. The highest BCUT2D eigenvalue weighted by atomic mass is 16.5. The lowest BCUT2D eigenvalue weighted by molar-refractivity contribution is 0.0906. The SMILES string of the molecule is CC1(N)CCN(C2CCC(n3cc(-c4ccc(Oc5ccccc5)cc4)c4c(N)ncnc43)CC2)CC1. The van der Waals surface area contributed by atoms with Crippen molar-refractivity contribution >= 4 is 16.9 Å². The van der Waals surface area contributed by atoms with Crippen molar-refractivity contribution in [3.05, 3.63) is 67.1 Å². The van der Waals surface area contributed by atoms with Crippen molar-refractivity contribution in [1.29, 1.82) is 0 Å². The Morgan fingerprint density at radius 3 is 2.22 bits per heavy atom. The Morgan fingerprint density at radius 1 is 0.865 bits per heavy atom. The van der Waals surface area contributed by atoms with E-state index in [-0.39, 0.29) is 5.54 Å². The average Bonchev–Trinajstić information content (AvgIpc) is 3.31. The molecule has 1 aliphatic heterocycles. The molecule has 2 aliphatic rings. The van der Waals surface area contributed by atoms with Crippen molar-refractivity contribution in [2.45, 2.75) is 63.1 Å². The molecule has 2 aromatic heterocycles. The lowest BCUT2D eigenvalue weighted by Gasteiger charge is -2.43. The van der Waals surface area contributed by atoms with Gasteiger partial charge >= 0.3 is 0 Å². The van der Waals surface area contributed by atoms with Crippen molar-refractivity contribution in [2.75, 3.05) is 18.8 Å². The minimum atomic E-state index is -0.000329. The average molecular weight is 497 g/mol. The minimum absolute atomic E-state index is 0.000329. The zero-order chi connectivity index (χ0) is 25.4. The summed E-state index contributed by atoms with van der Waals surface area (Å²) in [5.41, 5.74) is 15.8. The first kappa shape index (κ1) is 23.9. The van der Waals surface area contributed by atoms with Gasteiger partial charge in [-0.25, -0.2) is 9.97 Å². The highest BCUT2D eigenvalue weighted by Crippen LogP contribution is 2.40. The minimum Gasteiger partial charge on any atom is -0.457 e. The fourth-order valence-corrected chi connectivity index (χ4v) is 6.03. The first-order chi connectivity index (χ1) is 18.0. The van der Waals surface area contributed by atoms with E-state index in [4.69, 9.17) is 16.2 Å². The van der Waals surface area contributed by atoms with Crippen LogP contribution in [0, 0.1) is 0 Å². The normalized spacial score (nSPS) is 22.2. The molecule has 0 radical (unpaired) electrons. The quantitative estimate of drug-likeness (QED) is 0.364. The van der Waals surface area contributed by atoms with Crippen LogP contribution >= 0.6 is 0 Å². The molecule has 0 spiro atoms. The first-order valence-electron chi connectivity index (χ1n) is 13.4. The summed E-state index contributed by atoms with van der Waals surface area (Å²) in [5, 5.41) is 0.930. The van der Waals surface area contributed by atoms with Gasteiger partial charge in [0, 0.05) is 42.5 Å². The largest absolute Gasteiger partial charge is 0.457 e. The number of likely N-dealkylation sites (tertiary alicyclic amines) is 1. The second-order valence-corrected chi connectivity index (χ2v) is 11.0. The standard InChI is InChI=1S/C30H36N6O/c1-30(32)15-17-35(18-16-30)22-9-11-23(12-10-22)36-19-26(27-28(31)33-20-34-29(27)36)21-7-13-25(14-8-21)37-24-5-3-2-4-6-24/h2-8,13-14,19-20,22-23H,9-12,15-18,32H2,1H3,(H2,31,33,34). The van der Waals surface area contributed by atoms with Crippen LogP contribution in [0.1, 0.15) is 51.5 Å². The van der Waals surface area contributed by atoms with Crippen molar-refractivity contribution < 1.29 is 4.74 Å². The Labute approximate surface area is 218 Å². The number of nitrogen functional groups attached to an aromatic ring is 1. The summed E-state index contributed by atoms with van der Waals surface area (Å²) in [7, 11) is 0. The predicted molar refractivity (Wildman–Crippen MR) is 149 cm³/mol. The molecule has 7 heteroatoms. The van der Waals surface area contributed by atoms with Gasteiger partial charge in [-0.2, -0.15) is 0 Å². The summed E-state index contributed by atoms with van der Waals surface area (Å²) in [6, 6.07) is 19.1. The van der Waals surface area contributed by atoms with Gasteiger partial charge in [-0.3, -0.25) is 0 Å². The molecule has 192 valence electrons. The number of nitrogens with two attached hydrogens (primary N) is 2. The number of ether oxygens (including phenoxy) is 1. The Balaban J connectivity index is 1.22. The van der Waals surface area contributed by atoms with E-state index in [0.29, 0.717) is 17.9 Å². The monoisotopic (exact) mass is 496 g/mol. The highest BCUT2D eigenvalue weighted by Gasteiger charge is 2.33. The molecule has 0 unspecified atom stereocenters. The number of anilines is 1. The highest BCUT2D eigenvalue weighted by molar-refractivity contribution is 6.00. The van der Waals surface area contributed by atoms with Gasteiger partial charge in [-0.15, -0.1) is 0 Å². The molecule has 0 amide bonds. The van der Waals surface area contributed by atoms with Gasteiger partial charge in [0.2, 0.25) is 0 Å². The Morgan fingerprint density at radius 2 is 1.51 bits per heavy atom. The fraction of sp³-hybridized carbons (Fsp3) is 0.400. The van der Waals surface area contributed by atoms with Crippen LogP contribution in [-0.4, -0.2) is 44.1 Å². The van der Waals surface area contributed by atoms with Gasteiger partial charge in [0.1, 0.15) is 29.3 Å². The van der Waals surface area contributed by atoms with E-state index in [9.17, 15) is 0 Å². The van der Waals surface area contributed by atoms with E-state index in [1.807, 2.05) is 42.5 Å². The molecule has 0 bridgehead atoms. The van der Waals surface area contributed by atoms with Crippen LogP contribution in [0.5, 0.6) is 11.5 Å². The maximum Gasteiger partial charge on any atom is 0.146 e. The molecule has 0 atom stereocenters. The van der Waals surface area contributed by atoms with Crippen molar-refractivity contribution in [1.82, 2.24) is 19.4 Å². The van der Waals surface area contributed by atoms with Gasteiger partial charge in [0.25, 0.3) is 0 Å². The molecule has 4 N–H and O–H groups in total. The van der Waals surface area contributed by atoms with Crippen molar-refractivity contribution in [3.8, 4) is 22.6 Å². The van der Waals surface area contributed by atoms with E-state index in [0.717, 1.165) is 72.4 Å². The van der Waals surface area contributed by atoms with E-state index in [1.54, 1.807) is 6.33 Å². The van der Waals surface area contributed by atoms with Gasteiger partial charge in [-0.1, -0.05) is 30.3 Å². The van der Waals surface area contributed by atoms with Crippen LogP contribution in [-0.2, 0) is 0 Å². The van der Waals surface area contributed by atoms with Gasteiger partial charge < -0.3 is 25.7 Å². The topological polar surface area (TPSA) is 95.2 Å². The molecule has 3 heterocycles. The summed E-state index contributed by atoms with van der Waals surface area (Å²) >= 11 is 0. The third-order valence-corrected chi connectivity index (χ3v) is 8.30. The molecule has 4 aromatic rings. The summed E-state index contributed by atoms with van der Waals surface area (Å²) < 4.78 is 8.33. The lowest BCUT2D eigenvalue weighted by Crippen LogP contribution is -2.51. The number of aromatic nitrogens is 3. The molecule has 1 aliphatic carbocycles. The van der Waals surface area contributed by atoms with Crippen molar-refractivity contribution in [2.24, 2.45) is 5.73 Å². The molecule has 7 nitrogen and oxygen atoms in total. The van der Waals surface area contributed by atoms with Crippen LogP contribution in [0.2, 0.25) is 0 Å². The fourth-order valence-electron chi connectivity index (χ4n) is 6.03. The lowest BCUT2D eigenvalue weighted by atomic mass is 9.86. The summed E-state index contributed by atoms with van der Waals surface area (Å²) in [6.07, 6.45) is 10.7. The molecular weight excluding hydrogens is 460 g/mol. The van der Waals surface area contributed by atoms with Crippen LogP contribution in [0.4, 0.5) is 5.82 Å². The predicted octanol–water partition coefficient (Wildman–Crippen LogP) is 5.77. The van der Waals surface area contributed by atoms with Crippen LogP contribution in [0.25, 0.3) is 22.2 Å². The summed E-state index contributed by atoms with van der Waals surface area (Å²) in [6.45, 7) is 4.42. The number of benzene rings is 2. The zero-order valence-corrected chi connectivity index (χ0v) is 21.5. The molecule has 37 heavy (non-hydrogen) atoms. The Hall–Kier alpha value is -3.42. The van der Waals surface area contributed by atoms with E-state index >= 15 is 0 Å². The molecule has 2 aromatic carbocycles. The smallest absolute Gasteiger partial charge is 0.146 e. The number of rotatable bonds is 5. The second-order valence-electron chi connectivity index (χ2n) is 11.0. The Bertz CT molecular complexity index is 1350. The van der Waals surface area contributed by atoms with Gasteiger partial charge in [-0.05, 0) is 75.3 Å². The number of para-hydroxylation sites is 1. The molecule has 2 fully saturated rings. The molecular formula is C30H36N6O.